The Bertz CT molecular complexity index is 335. The van der Waals surface area contributed by atoms with Gasteiger partial charge in [0.05, 0.1) is 7.11 Å². The number of ether oxygens (including phenoxy) is 1. The van der Waals surface area contributed by atoms with Crippen molar-refractivity contribution in [3.63, 3.8) is 0 Å². The molecule has 84 valence electrons. The van der Waals surface area contributed by atoms with Gasteiger partial charge in [0.25, 0.3) is 0 Å². The van der Waals surface area contributed by atoms with Crippen LogP contribution < -0.4 is 15.8 Å². The highest BCUT2D eigenvalue weighted by molar-refractivity contribution is 5.57. The van der Waals surface area contributed by atoms with Gasteiger partial charge in [-0.25, -0.2) is 0 Å². The largest absolute Gasteiger partial charge is 0.496 e. The van der Waals surface area contributed by atoms with Crippen molar-refractivity contribution in [3.05, 3.63) is 23.3 Å². The molecule has 3 N–H and O–H groups in total. The highest BCUT2D eigenvalue weighted by atomic mass is 16.5. The summed E-state index contributed by atoms with van der Waals surface area (Å²) in [7, 11) is 1.69. The first kappa shape index (κ1) is 11.9. The zero-order valence-electron chi connectivity index (χ0n) is 9.92. The molecule has 1 aromatic carbocycles. The molecule has 0 saturated carbocycles. The van der Waals surface area contributed by atoms with Crippen molar-refractivity contribution < 1.29 is 4.74 Å². The Morgan fingerprint density at radius 1 is 1.33 bits per heavy atom. The number of aryl methyl sites for hydroxylation is 2. The van der Waals surface area contributed by atoms with Gasteiger partial charge in [0.15, 0.2) is 0 Å². The molecule has 0 amide bonds. The minimum Gasteiger partial charge on any atom is -0.496 e. The summed E-state index contributed by atoms with van der Waals surface area (Å²) in [5.41, 5.74) is 9.14. The maximum atomic E-state index is 5.70. The lowest BCUT2D eigenvalue weighted by Gasteiger charge is -2.14. The molecule has 0 aromatic heterocycles. The summed E-state index contributed by atoms with van der Waals surface area (Å²) in [6.07, 6.45) is 0. The van der Waals surface area contributed by atoms with E-state index >= 15 is 0 Å². The van der Waals surface area contributed by atoms with Gasteiger partial charge in [-0.1, -0.05) is 0 Å². The Morgan fingerprint density at radius 3 is 2.53 bits per heavy atom. The van der Waals surface area contributed by atoms with Crippen LogP contribution in [0.15, 0.2) is 12.1 Å². The summed E-state index contributed by atoms with van der Waals surface area (Å²) in [6.45, 7) is 6.87. The van der Waals surface area contributed by atoms with Crippen LogP contribution in [0.2, 0.25) is 0 Å². The molecule has 0 fully saturated rings. The van der Waals surface area contributed by atoms with Crippen LogP contribution in [0.3, 0.4) is 0 Å². The van der Waals surface area contributed by atoms with E-state index in [9.17, 15) is 0 Å². The predicted octanol–water partition coefficient (Wildman–Crippen LogP) is 2.07. The van der Waals surface area contributed by atoms with Gasteiger partial charge >= 0.3 is 0 Å². The minimum atomic E-state index is 0.159. The average molecular weight is 208 g/mol. The Balaban J connectivity index is 2.85. The van der Waals surface area contributed by atoms with Crippen LogP contribution in [0, 0.1) is 13.8 Å². The summed E-state index contributed by atoms with van der Waals surface area (Å²) < 4.78 is 5.25. The second-order valence-corrected chi connectivity index (χ2v) is 3.99. The number of hydrogen-bond acceptors (Lipinski definition) is 3. The van der Waals surface area contributed by atoms with Gasteiger partial charge in [0.2, 0.25) is 0 Å². The molecule has 0 aliphatic rings. The van der Waals surface area contributed by atoms with Crippen molar-refractivity contribution in [2.45, 2.75) is 26.8 Å². The Hall–Kier alpha value is -1.22. The van der Waals surface area contributed by atoms with E-state index in [2.05, 4.69) is 18.3 Å². The third-order valence-electron chi connectivity index (χ3n) is 2.36. The molecule has 0 bridgehead atoms. The number of methoxy groups -OCH3 is 1. The second kappa shape index (κ2) is 5.03. The molecule has 3 heteroatoms. The fraction of sp³-hybridized carbons (Fsp3) is 0.500. The molecule has 0 aliphatic carbocycles. The summed E-state index contributed by atoms with van der Waals surface area (Å²) in [4.78, 5) is 0. The first-order chi connectivity index (χ1) is 7.04. The molecule has 0 radical (unpaired) electrons. The van der Waals surface area contributed by atoms with E-state index < -0.39 is 0 Å². The standard InChI is InChI=1S/C12H20N2O/c1-8-6-12(15-4)9(2)5-11(8)14-7-10(3)13/h5-6,10,14H,7,13H2,1-4H3. The van der Waals surface area contributed by atoms with Crippen LogP contribution in [-0.2, 0) is 0 Å². The number of hydrogen-bond donors (Lipinski definition) is 2. The van der Waals surface area contributed by atoms with Crippen molar-refractivity contribution >= 4 is 5.69 Å². The summed E-state index contributed by atoms with van der Waals surface area (Å²) in [6, 6.07) is 4.29. The lowest BCUT2D eigenvalue weighted by Crippen LogP contribution is -2.25. The molecule has 15 heavy (non-hydrogen) atoms. The second-order valence-electron chi connectivity index (χ2n) is 3.99. The molecular weight excluding hydrogens is 188 g/mol. The normalized spacial score (nSPS) is 12.3. The van der Waals surface area contributed by atoms with E-state index in [1.165, 1.54) is 5.56 Å². The first-order valence-corrected chi connectivity index (χ1v) is 5.19. The van der Waals surface area contributed by atoms with Gasteiger partial charge in [0, 0.05) is 18.3 Å². The monoisotopic (exact) mass is 208 g/mol. The maximum absolute atomic E-state index is 5.70. The zero-order valence-corrected chi connectivity index (χ0v) is 9.92. The number of benzene rings is 1. The first-order valence-electron chi connectivity index (χ1n) is 5.19. The van der Waals surface area contributed by atoms with Gasteiger partial charge < -0.3 is 15.8 Å². The number of rotatable bonds is 4. The minimum absolute atomic E-state index is 0.159. The third-order valence-corrected chi connectivity index (χ3v) is 2.36. The lowest BCUT2D eigenvalue weighted by molar-refractivity contribution is 0.411. The molecule has 1 atom stereocenters. The fourth-order valence-corrected chi connectivity index (χ4v) is 1.47. The number of nitrogens with two attached hydrogens (primary N) is 1. The Labute approximate surface area is 91.6 Å². The van der Waals surface area contributed by atoms with E-state index in [1.54, 1.807) is 7.11 Å². The van der Waals surface area contributed by atoms with Crippen LogP contribution in [0.5, 0.6) is 5.75 Å². The van der Waals surface area contributed by atoms with Crippen molar-refractivity contribution in [2.24, 2.45) is 5.73 Å². The molecular formula is C12H20N2O. The van der Waals surface area contributed by atoms with Crippen LogP contribution in [0.1, 0.15) is 18.1 Å². The SMILES string of the molecule is COc1cc(C)c(NCC(C)N)cc1C. The number of anilines is 1. The molecule has 1 aromatic rings. The predicted molar refractivity (Wildman–Crippen MR) is 64.6 cm³/mol. The van der Waals surface area contributed by atoms with Gasteiger partial charge in [-0.05, 0) is 44.0 Å². The van der Waals surface area contributed by atoms with E-state index in [1.807, 2.05) is 19.9 Å². The highest BCUT2D eigenvalue weighted by Crippen LogP contribution is 2.25. The fourth-order valence-electron chi connectivity index (χ4n) is 1.47. The van der Waals surface area contributed by atoms with Gasteiger partial charge in [-0.3, -0.25) is 0 Å². The van der Waals surface area contributed by atoms with E-state index in [0.29, 0.717) is 0 Å². The average Bonchev–Trinajstić information content (AvgIpc) is 2.18. The Morgan fingerprint density at radius 2 is 2.00 bits per heavy atom. The Kier molecular flexibility index (Phi) is 3.97. The maximum Gasteiger partial charge on any atom is 0.122 e. The summed E-state index contributed by atoms with van der Waals surface area (Å²) in [5, 5.41) is 3.32. The zero-order chi connectivity index (χ0) is 11.4. The molecule has 1 unspecified atom stereocenters. The highest BCUT2D eigenvalue weighted by Gasteiger charge is 2.04. The van der Waals surface area contributed by atoms with E-state index in [4.69, 9.17) is 10.5 Å². The third kappa shape index (κ3) is 3.13. The van der Waals surface area contributed by atoms with Crippen molar-refractivity contribution in [1.29, 1.82) is 0 Å². The molecule has 3 nitrogen and oxygen atoms in total. The molecule has 0 aliphatic heterocycles. The summed E-state index contributed by atoms with van der Waals surface area (Å²) >= 11 is 0. The van der Waals surface area contributed by atoms with Crippen LogP contribution in [0.4, 0.5) is 5.69 Å². The van der Waals surface area contributed by atoms with Crippen molar-refractivity contribution in [3.8, 4) is 5.75 Å². The van der Waals surface area contributed by atoms with E-state index in [0.717, 1.165) is 23.5 Å². The molecule has 0 saturated heterocycles. The lowest BCUT2D eigenvalue weighted by atomic mass is 10.1. The van der Waals surface area contributed by atoms with E-state index in [-0.39, 0.29) is 6.04 Å². The van der Waals surface area contributed by atoms with Gasteiger partial charge in [-0.15, -0.1) is 0 Å². The van der Waals surface area contributed by atoms with Crippen LogP contribution >= 0.6 is 0 Å². The summed E-state index contributed by atoms with van der Waals surface area (Å²) in [5.74, 6) is 0.929. The molecule has 1 rings (SSSR count). The molecule has 0 heterocycles. The van der Waals surface area contributed by atoms with Crippen molar-refractivity contribution in [1.82, 2.24) is 0 Å². The van der Waals surface area contributed by atoms with Crippen LogP contribution in [0.25, 0.3) is 0 Å². The van der Waals surface area contributed by atoms with Crippen molar-refractivity contribution in [2.75, 3.05) is 19.0 Å². The molecule has 0 spiro atoms. The smallest absolute Gasteiger partial charge is 0.122 e. The van der Waals surface area contributed by atoms with Gasteiger partial charge in [-0.2, -0.15) is 0 Å². The van der Waals surface area contributed by atoms with Crippen LogP contribution in [-0.4, -0.2) is 19.7 Å². The topological polar surface area (TPSA) is 47.3 Å². The quantitative estimate of drug-likeness (QED) is 0.796. The van der Waals surface area contributed by atoms with Gasteiger partial charge in [0.1, 0.15) is 5.75 Å². The number of nitrogens with one attached hydrogen (secondary N) is 1.